The van der Waals surface area contributed by atoms with Gasteiger partial charge in [0.1, 0.15) is 0 Å². The number of nitrogens with zero attached hydrogens (tertiary/aromatic N) is 3. The number of rotatable bonds is 6. The molecule has 1 amide bonds. The van der Waals surface area contributed by atoms with E-state index in [0.29, 0.717) is 12.1 Å². The highest BCUT2D eigenvalue weighted by atomic mass is 35.5. The smallest absolute Gasteiger partial charge is 0.316 e. The molecule has 0 aliphatic carbocycles. The Morgan fingerprint density at radius 1 is 0.919 bits per heavy atom. The summed E-state index contributed by atoms with van der Waals surface area (Å²) in [7, 11) is 4.42. The lowest BCUT2D eigenvalue weighted by atomic mass is 9.97. The molecule has 2 aromatic rings. The first-order valence-electron chi connectivity index (χ1n) is 13.8. The van der Waals surface area contributed by atoms with E-state index in [1.165, 1.54) is 35.1 Å². The molecule has 2 aliphatic heterocycles. The van der Waals surface area contributed by atoms with Crippen molar-refractivity contribution in [1.29, 1.82) is 0 Å². The molecule has 0 unspecified atom stereocenters. The third-order valence-electron chi connectivity index (χ3n) is 7.95. The summed E-state index contributed by atoms with van der Waals surface area (Å²) in [6.07, 6.45) is 4.51. The van der Waals surface area contributed by atoms with E-state index in [0.717, 1.165) is 45.1 Å². The summed E-state index contributed by atoms with van der Waals surface area (Å²) in [6, 6.07) is 19.6. The molecule has 2 aromatic carbocycles. The van der Waals surface area contributed by atoms with Crippen molar-refractivity contribution in [2.24, 2.45) is 0 Å². The number of carbonyl (C=O) groups is 1. The van der Waals surface area contributed by atoms with Crippen LogP contribution >= 0.6 is 11.6 Å². The van der Waals surface area contributed by atoms with Crippen LogP contribution in [0.4, 0.5) is 4.79 Å². The van der Waals surface area contributed by atoms with E-state index in [-0.39, 0.29) is 11.4 Å². The maximum absolute atomic E-state index is 11.3. The molecule has 4 rings (SSSR count). The van der Waals surface area contributed by atoms with Gasteiger partial charge in [-0.3, -0.25) is 14.6 Å². The molecule has 2 aliphatic rings. The average molecular weight is 527 g/mol. The fraction of sp³-hybridized carbons (Fsp3) is 0.581. The molecule has 0 spiro atoms. The van der Waals surface area contributed by atoms with Crippen molar-refractivity contribution in [2.45, 2.75) is 90.6 Å². The molecule has 0 bridgehead atoms. The van der Waals surface area contributed by atoms with Crippen LogP contribution in [0, 0.1) is 13.8 Å². The molecule has 2 heterocycles. The van der Waals surface area contributed by atoms with E-state index in [4.69, 9.17) is 11.6 Å². The highest BCUT2D eigenvalue weighted by molar-refractivity contribution is 6.62. The molecule has 0 aromatic heterocycles. The van der Waals surface area contributed by atoms with Crippen LogP contribution in [0.3, 0.4) is 0 Å². The molecule has 5 nitrogen and oxygen atoms in total. The molecule has 37 heavy (non-hydrogen) atoms. The van der Waals surface area contributed by atoms with Gasteiger partial charge in [0.05, 0.1) is 0 Å². The number of halogens is 1. The van der Waals surface area contributed by atoms with E-state index in [1.54, 1.807) is 4.90 Å². The molecule has 1 N–H and O–H groups in total. The lowest BCUT2D eigenvalue weighted by molar-refractivity contribution is 0.108. The Morgan fingerprint density at radius 3 is 1.92 bits per heavy atom. The maximum atomic E-state index is 11.3. The van der Waals surface area contributed by atoms with Gasteiger partial charge in [-0.1, -0.05) is 59.7 Å². The van der Waals surface area contributed by atoms with Gasteiger partial charge < -0.3 is 10.2 Å². The first-order chi connectivity index (χ1) is 17.6. The summed E-state index contributed by atoms with van der Waals surface area (Å²) in [5.74, 6) is 0. The van der Waals surface area contributed by atoms with Crippen LogP contribution < -0.4 is 5.32 Å². The summed E-state index contributed by atoms with van der Waals surface area (Å²) in [6.45, 7) is 12.6. The zero-order valence-corrected chi connectivity index (χ0v) is 24.5. The molecule has 204 valence electrons. The fourth-order valence-electron chi connectivity index (χ4n) is 5.77. The Labute approximate surface area is 230 Å². The van der Waals surface area contributed by atoms with Crippen LogP contribution in [-0.2, 0) is 13.1 Å². The first kappa shape index (κ1) is 29.6. The van der Waals surface area contributed by atoms with Gasteiger partial charge in [-0.25, -0.2) is 0 Å². The standard InChI is InChI=1S/C16H23ClN2O.C15H24N2/c1-12-5-4-6-14(9-12)11-18(3)15-7-8-19(16(17)20)13(2)10-15;1-12-5-4-6-14(9-12)11-17(3)15-7-8-16-13(2)10-15/h4-6,9,13,15H,7-8,10-11H2,1-3H3;4-6,9,13,15-16H,7-8,10-11H2,1-3H3/t2*13-,15-/m00/s1. The number of carbonyl (C=O) groups excluding carboxylic acids is 1. The molecule has 0 radical (unpaired) electrons. The molecule has 0 saturated carbocycles. The van der Waals surface area contributed by atoms with Crippen molar-refractivity contribution in [3.63, 3.8) is 0 Å². The summed E-state index contributed by atoms with van der Waals surface area (Å²) in [5.41, 5.74) is 5.43. The normalized spacial score (nSPS) is 24.1. The number of likely N-dealkylation sites (tertiary alicyclic amines) is 1. The zero-order chi connectivity index (χ0) is 26.9. The molecule has 2 saturated heterocycles. The minimum atomic E-state index is -0.322. The Kier molecular flexibility index (Phi) is 11.4. The molecule has 2 fully saturated rings. The third kappa shape index (κ3) is 9.40. The zero-order valence-electron chi connectivity index (χ0n) is 23.7. The topological polar surface area (TPSA) is 38.8 Å². The Bertz CT molecular complexity index is 999. The Balaban J connectivity index is 0.000000208. The van der Waals surface area contributed by atoms with Crippen LogP contribution in [0.25, 0.3) is 0 Å². The van der Waals surface area contributed by atoms with Gasteiger partial charge in [0, 0.05) is 43.8 Å². The van der Waals surface area contributed by atoms with Crippen molar-refractivity contribution in [3.8, 4) is 0 Å². The molecule has 6 heteroatoms. The minimum absolute atomic E-state index is 0.221. The van der Waals surface area contributed by atoms with E-state index >= 15 is 0 Å². The highest BCUT2D eigenvalue weighted by Crippen LogP contribution is 2.23. The van der Waals surface area contributed by atoms with Crippen LogP contribution in [0.5, 0.6) is 0 Å². The predicted molar refractivity (Wildman–Crippen MR) is 156 cm³/mol. The van der Waals surface area contributed by atoms with Gasteiger partial charge in [-0.05, 0) is 96.7 Å². The van der Waals surface area contributed by atoms with Crippen molar-refractivity contribution >= 4 is 17.0 Å². The number of benzene rings is 2. The second kappa shape index (κ2) is 14.3. The van der Waals surface area contributed by atoms with E-state index in [1.807, 2.05) is 0 Å². The number of piperidine rings is 2. The largest absolute Gasteiger partial charge is 0.326 e. The quantitative estimate of drug-likeness (QED) is 0.359. The SMILES string of the molecule is Cc1cccc(CN(C)[C@H]2CCN(C(=O)Cl)[C@@H](C)C2)c1.Cc1cccc(CN(C)[C@H]2CCN[C@@H](C)C2)c1. The van der Waals surface area contributed by atoms with Crippen LogP contribution in [-0.4, -0.2) is 71.4 Å². The Hall–Kier alpha value is -1.92. The lowest BCUT2D eigenvalue weighted by Gasteiger charge is -2.40. The summed E-state index contributed by atoms with van der Waals surface area (Å²) < 4.78 is 0. The van der Waals surface area contributed by atoms with E-state index < -0.39 is 0 Å². The molecular weight excluding hydrogens is 480 g/mol. The number of hydrogen-bond acceptors (Lipinski definition) is 4. The van der Waals surface area contributed by atoms with E-state index in [2.05, 4.69) is 105 Å². The number of hydrogen-bond donors (Lipinski definition) is 1. The molecule has 4 atom stereocenters. The van der Waals surface area contributed by atoms with Crippen molar-refractivity contribution in [1.82, 2.24) is 20.0 Å². The average Bonchev–Trinajstić information content (AvgIpc) is 2.84. The predicted octanol–water partition coefficient (Wildman–Crippen LogP) is 6.21. The summed E-state index contributed by atoms with van der Waals surface area (Å²) >= 11 is 5.60. The molecular formula is C31H47ClN4O. The highest BCUT2D eigenvalue weighted by Gasteiger charge is 2.29. The van der Waals surface area contributed by atoms with Gasteiger partial charge >= 0.3 is 5.37 Å². The van der Waals surface area contributed by atoms with Crippen molar-refractivity contribution in [3.05, 3.63) is 70.8 Å². The fourth-order valence-corrected chi connectivity index (χ4v) is 6.02. The van der Waals surface area contributed by atoms with Crippen LogP contribution in [0.2, 0.25) is 0 Å². The summed E-state index contributed by atoms with van der Waals surface area (Å²) in [4.78, 5) is 18.0. The maximum Gasteiger partial charge on any atom is 0.316 e. The number of amides is 1. The number of nitrogens with one attached hydrogen (secondary N) is 1. The summed E-state index contributed by atoms with van der Waals surface area (Å²) in [5, 5.41) is 3.19. The van der Waals surface area contributed by atoms with Crippen molar-refractivity contribution in [2.75, 3.05) is 27.2 Å². The van der Waals surface area contributed by atoms with Crippen LogP contribution in [0.15, 0.2) is 48.5 Å². The van der Waals surface area contributed by atoms with Gasteiger partial charge in [-0.15, -0.1) is 0 Å². The van der Waals surface area contributed by atoms with Gasteiger partial charge in [-0.2, -0.15) is 0 Å². The van der Waals surface area contributed by atoms with Crippen LogP contribution in [0.1, 0.15) is 61.8 Å². The minimum Gasteiger partial charge on any atom is -0.326 e. The third-order valence-corrected chi connectivity index (χ3v) is 8.16. The monoisotopic (exact) mass is 526 g/mol. The second-order valence-corrected chi connectivity index (χ2v) is 11.6. The first-order valence-corrected chi connectivity index (χ1v) is 14.2. The second-order valence-electron chi connectivity index (χ2n) is 11.3. The lowest BCUT2D eigenvalue weighted by Crippen LogP contribution is -2.48. The number of aryl methyl sites for hydroxylation is 2. The van der Waals surface area contributed by atoms with Gasteiger partial charge in [0.2, 0.25) is 0 Å². The van der Waals surface area contributed by atoms with Gasteiger partial charge in [0.15, 0.2) is 0 Å². The Morgan fingerprint density at radius 2 is 1.46 bits per heavy atom. The van der Waals surface area contributed by atoms with E-state index in [9.17, 15) is 4.79 Å². The van der Waals surface area contributed by atoms with Gasteiger partial charge in [0.25, 0.3) is 0 Å². The van der Waals surface area contributed by atoms with Crippen molar-refractivity contribution < 1.29 is 4.79 Å².